The van der Waals surface area contributed by atoms with Crippen LogP contribution in [0.2, 0.25) is 0 Å². The van der Waals surface area contributed by atoms with Crippen LogP contribution in [0.15, 0.2) is 36.4 Å². The number of likely N-dealkylation sites (N-methyl/N-ethyl adjacent to an activating group) is 1. The number of amides is 2. The van der Waals surface area contributed by atoms with Crippen molar-refractivity contribution in [2.45, 2.75) is 38.7 Å². The molecule has 154 valence electrons. The smallest absolute Gasteiger partial charge is 0.314 e. The van der Waals surface area contributed by atoms with Gasteiger partial charge in [-0.15, -0.1) is 0 Å². The van der Waals surface area contributed by atoms with Crippen LogP contribution < -0.4 is 9.80 Å². The Morgan fingerprint density at radius 3 is 2.52 bits per heavy atom. The van der Waals surface area contributed by atoms with Gasteiger partial charge in [-0.2, -0.15) is 13.2 Å². The fraction of sp³-hybridized carbons (Fsp3) is 0.350. The molecule has 2 atom stereocenters. The summed E-state index contributed by atoms with van der Waals surface area (Å²) < 4.78 is 54.2. The highest BCUT2D eigenvalue weighted by Crippen LogP contribution is 2.35. The van der Waals surface area contributed by atoms with Crippen LogP contribution in [0.5, 0.6) is 0 Å². The van der Waals surface area contributed by atoms with Gasteiger partial charge in [0.05, 0.1) is 12.0 Å². The topological polar surface area (TPSA) is 53.5 Å². The molecule has 0 saturated carbocycles. The minimum Gasteiger partial charge on any atom is -0.314 e. The number of carbonyl (C=O) groups excluding carboxylic acids is 2. The van der Waals surface area contributed by atoms with Gasteiger partial charge in [-0.1, -0.05) is 12.1 Å². The monoisotopic (exact) mass is 409 g/mol. The quantitative estimate of drug-likeness (QED) is 0.725. The first-order valence-corrected chi connectivity index (χ1v) is 8.85. The predicted octanol–water partition coefficient (Wildman–Crippen LogP) is 3.82. The van der Waals surface area contributed by atoms with Gasteiger partial charge in [0, 0.05) is 18.4 Å². The summed E-state index contributed by atoms with van der Waals surface area (Å²) in [5, 5.41) is 0. The molecule has 1 aromatic heterocycles. The summed E-state index contributed by atoms with van der Waals surface area (Å²) >= 11 is 0. The SMILES string of the molecule is Cc1cccc(N(C)C(=O)[C@@H]2[C@H](F)CC(=O)N2c2cc(C(F)(F)F)cc(C)n2)c1. The van der Waals surface area contributed by atoms with Gasteiger partial charge in [0.2, 0.25) is 5.91 Å². The molecule has 0 aliphatic carbocycles. The number of rotatable bonds is 3. The summed E-state index contributed by atoms with van der Waals surface area (Å²) in [5.41, 5.74) is 0.333. The molecule has 0 bridgehead atoms. The Kier molecular flexibility index (Phi) is 5.34. The summed E-state index contributed by atoms with van der Waals surface area (Å²) in [6, 6.07) is 6.79. The van der Waals surface area contributed by atoms with Gasteiger partial charge in [0.25, 0.3) is 5.91 Å². The third-order valence-corrected chi connectivity index (χ3v) is 4.75. The van der Waals surface area contributed by atoms with E-state index >= 15 is 0 Å². The maximum absolute atomic E-state index is 14.7. The lowest BCUT2D eigenvalue weighted by atomic mass is 10.1. The average molecular weight is 409 g/mol. The molecule has 5 nitrogen and oxygen atoms in total. The van der Waals surface area contributed by atoms with Crippen molar-refractivity contribution in [3.63, 3.8) is 0 Å². The molecule has 1 saturated heterocycles. The van der Waals surface area contributed by atoms with Crippen molar-refractivity contribution >= 4 is 23.3 Å². The van der Waals surface area contributed by atoms with Crippen LogP contribution in [0, 0.1) is 13.8 Å². The normalized spacial score (nSPS) is 19.6. The van der Waals surface area contributed by atoms with Crippen molar-refractivity contribution in [3.05, 3.63) is 53.2 Å². The second kappa shape index (κ2) is 7.46. The Balaban J connectivity index is 2.01. The standard InChI is InChI=1S/C20H19F4N3O2/c1-11-5-4-6-14(7-11)26(3)19(29)18-15(21)10-17(28)27(18)16-9-13(20(22,23)24)8-12(2)25-16/h4-9,15,18H,10H2,1-3H3/t15-,18+/m1/s1. The summed E-state index contributed by atoms with van der Waals surface area (Å²) in [6.07, 6.45) is -7.13. The van der Waals surface area contributed by atoms with Gasteiger partial charge in [0.15, 0.2) is 0 Å². The summed E-state index contributed by atoms with van der Waals surface area (Å²) in [5.74, 6) is -1.93. The molecule has 9 heteroatoms. The molecule has 2 amide bonds. The van der Waals surface area contributed by atoms with Crippen molar-refractivity contribution in [1.29, 1.82) is 0 Å². The van der Waals surface area contributed by atoms with Crippen LogP contribution in [0.1, 0.15) is 23.2 Å². The molecule has 0 N–H and O–H groups in total. The van der Waals surface area contributed by atoms with Gasteiger partial charge in [-0.25, -0.2) is 9.37 Å². The number of aromatic nitrogens is 1. The average Bonchev–Trinajstić information content (AvgIpc) is 2.93. The highest BCUT2D eigenvalue weighted by Gasteiger charge is 2.48. The van der Waals surface area contributed by atoms with Gasteiger partial charge in [-0.05, 0) is 43.7 Å². The largest absolute Gasteiger partial charge is 0.416 e. The van der Waals surface area contributed by atoms with Crippen LogP contribution in [0.25, 0.3) is 0 Å². The Morgan fingerprint density at radius 1 is 1.21 bits per heavy atom. The second-order valence-electron chi connectivity index (χ2n) is 7.02. The molecular weight excluding hydrogens is 390 g/mol. The number of nitrogens with zero attached hydrogens (tertiary/aromatic N) is 3. The van der Waals surface area contributed by atoms with E-state index in [0.29, 0.717) is 11.8 Å². The maximum atomic E-state index is 14.7. The summed E-state index contributed by atoms with van der Waals surface area (Å²) in [7, 11) is 1.43. The zero-order valence-electron chi connectivity index (χ0n) is 16.0. The molecule has 29 heavy (non-hydrogen) atoms. The third-order valence-electron chi connectivity index (χ3n) is 4.75. The molecule has 2 aromatic rings. The Hall–Kier alpha value is -2.97. The van der Waals surface area contributed by atoms with E-state index in [2.05, 4.69) is 4.98 Å². The van der Waals surface area contributed by atoms with E-state index in [4.69, 9.17) is 0 Å². The highest BCUT2D eigenvalue weighted by atomic mass is 19.4. The number of carbonyl (C=O) groups is 2. The molecule has 1 aliphatic rings. The van der Waals surface area contributed by atoms with Crippen molar-refractivity contribution in [2.75, 3.05) is 16.8 Å². The number of anilines is 2. The number of pyridine rings is 1. The zero-order chi connectivity index (χ0) is 21.5. The first-order valence-electron chi connectivity index (χ1n) is 8.85. The fourth-order valence-corrected chi connectivity index (χ4v) is 3.33. The van der Waals surface area contributed by atoms with Gasteiger partial charge in [0.1, 0.15) is 18.0 Å². The second-order valence-corrected chi connectivity index (χ2v) is 7.02. The molecule has 0 spiro atoms. The number of alkyl halides is 4. The Morgan fingerprint density at radius 2 is 1.90 bits per heavy atom. The summed E-state index contributed by atoms with van der Waals surface area (Å²) in [6.45, 7) is 3.16. The van der Waals surface area contributed by atoms with E-state index in [1.165, 1.54) is 18.9 Å². The van der Waals surface area contributed by atoms with Crippen LogP contribution in [0.3, 0.4) is 0 Å². The molecule has 0 unspecified atom stereocenters. The van der Waals surface area contributed by atoms with Crippen molar-refractivity contribution in [1.82, 2.24) is 4.98 Å². The molecular formula is C20H19F4N3O2. The van der Waals surface area contributed by atoms with Crippen molar-refractivity contribution in [3.8, 4) is 0 Å². The van der Waals surface area contributed by atoms with E-state index in [9.17, 15) is 27.2 Å². The van der Waals surface area contributed by atoms with Crippen molar-refractivity contribution < 1.29 is 27.2 Å². The van der Waals surface area contributed by atoms with E-state index in [1.807, 2.05) is 13.0 Å². The van der Waals surface area contributed by atoms with Crippen LogP contribution >= 0.6 is 0 Å². The fourth-order valence-electron chi connectivity index (χ4n) is 3.33. The zero-order valence-corrected chi connectivity index (χ0v) is 16.0. The van der Waals surface area contributed by atoms with Gasteiger partial charge in [-0.3, -0.25) is 14.5 Å². The predicted molar refractivity (Wildman–Crippen MR) is 99.4 cm³/mol. The highest BCUT2D eigenvalue weighted by molar-refractivity contribution is 6.08. The molecule has 1 fully saturated rings. The maximum Gasteiger partial charge on any atom is 0.416 e. The first kappa shape index (κ1) is 20.8. The van der Waals surface area contributed by atoms with Crippen molar-refractivity contribution in [2.24, 2.45) is 0 Å². The van der Waals surface area contributed by atoms with E-state index in [0.717, 1.165) is 16.5 Å². The minimum atomic E-state index is -4.67. The Labute approximate surface area is 164 Å². The molecule has 3 rings (SSSR count). The molecule has 1 aliphatic heterocycles. The number of halogens is 4. The lowest BCUT2D eigenvalue weighted by Crippen LogP contribution is -2.49. The lowest BCUT2D eigenvalue weighted by Gasteiger charge is -2.29. The number of aryl methyl sites for hydroxylation is 2. The molecule has 2 heterocycles. The first-order chi connectivity index (χ1) is 13.5. The number of hydrogen-bond acceptors (Lipinski definition) is 3. The Bertz CT molecular complexity index is 961. The number of benzene rings is 1. The van der Waals surface area contributed by atoms with E-state index in [1.54, 1.807) is 18.2 Å². The van der Waals surface area contributed by atoms with E-state index < -0.39 is 48.0 Å². The number of hydrogen-bond donors (Lipinski definition) is 0. The third kappa shape index (κ3) is 4.08. The van der Waals surface area contributed by atoms with Crippen LogP contribution in [-0.4, -0.2) is 36.1 Å². The van der Waals surface area contributed by atoms with Crippen LogP contribution in [-0.2, 0) is 15.8 Å². The van der Waals surface area contributed by atoms with E-state index in [-0.39, 0.29) is 5.69 Å². The molecule has 1 aromatic carbocycles. The lowest BCUT2D eigenvalue weighted by molar-refractivity contribution is -0.137. The van der Waals surface area contributed by atoms with Gasteiger partial charge >= 0.3 is 6.18 Å². The minimum absolute atomic E-state index is 0.00294. The summed E-state index contributed by atoms with van der Waals surface area (Å²) in [4.78, 5) is 31.3. The molecule has 0 radical (unpaired) electrons. The van der Waals surface area contributed by atoms with Gasteiger partial charge < -0.3 is 4.90 Å². The van der Waals surface area contributed by atoms with Crippen LogP contribution in [0.4, 0.5) is 29.1 Å².